The van der Waals surface area contributed by atoms with Gasteiger partial charge in [-0.25, -0.2) is 14.6 Å². The van der Waals surface area contributed by atoms with Crippen LogP contribution in [0.15, 0.2) is 12.1 Å². The standard InChI is InChI=1S/C14H19NO5S2/c1-14(2,22-21-3)5-4-6-20-9-7-10(12(16)17)15-11(8-9)13(18)19/h7-8H,4-6H2,1-3H3,(H,16,17)(H,18,19). The lowest BCUT2D eigenvalue weighted by atomic mass is 10.1. The van der Waals surface area contributed by atoms with Crippen LogP contribution >= 0.6 is 21.6 Å². The molecule has 1 aromatic heterocycles. The van der Waals surface area contributed by atoms with Crippen molar-refractivity contribution in [2.24, 2.45) is 0 Å². The molecule has 1 aromatic rings. The highest BCUT2D eigenvalue weighted by atomic mass is 33.1. The molecule has 0 saturated heterocycles. The number of ether oxygens (including phenoxy) is 1. The van der Waals surface area contributed by atoms with E-state index in [1.165, 1.54) is 12.1 Å². The zero-order valence-electron chi connectivity index (χ0n) is 12.7. The lowest BCUT2D eigenvalue weighted by molar-refractivity contribution is 0.0684. The summed E-state index contributed by atoms with van der Waals surface area (Å²) >= 11 is 0. The van der Waals surface area contributed by atoms with Gasteiger partial charge >= 0.3 is 11.9 Å². The van der Waals surface area contributed by atoms with Crippen molar-refractivity contribution in [3.8, 4) is 5.75 Å². The number of rotatable bonds is 9. The molecule has 6 nitrogen and oxygen atoms in total. The summed E-state index contributed by atoms with van der Waals surface area (Å²) < 4.78 is 5.60. The molecule has 1 rings (SSSR count). The van der Waals surface area contributed by atoms with E-state index in [1.807, 2.05) is 6.26 Å². The lowest BCUT2D eigenvalue weighted by Gasteiger charge is -2.22. The van der Waals surface area contributed by atoms with Crippen LogP contribution in [0.1, 0.15) is 47.7 Å². The molecule has 0 saturated carbocycles. The summed E-state index contributed by atoms with van der Waals surface area (Å²) in [6, 6.07) is 2.47. The van der Waals surface area contributed by atoms with Crippen molar-refractivity contribution in [1.29, 1.82) is 0 Å². The molecular weight excluding hydrogens is 326 g/mol. The van der Waals surface area contributed by atoms with E-state index in [1.54, 1.807) is 21.6 Å². The summed E-state index contributed by atoms with van der Waals surface area (Å²) in [5.41, 5.74) is -0.679. The molecule has 0 aliphatic heterocycles. The lowest BCUT2D eigenvalue weighted by Crippen LogP contribution is -2.15. The van der Waals surface area contributed by atoms with E-state index < -0.39 is 11.9 Å². The molecule has 0 aliphatic rings. The molecule has 0 amide bonds. The van der Waals surface area contributed by atoms with Crippen molar-refractivity contribution < 1.29 is 24.5 Å². The van der Waals surface area contributed by atoms with E-state index in [9.17, 15) is 9.59 Å². The maximum atomic E-state index is 10.9. The van der Waals surface area contributed by atoms with Gasteiger partial charge in [-0.1, -0.05) is 21.6 Å². The molecule has 0 aliphatic carbocycles. The van der Waals surface area contributed by atoms with Gasteiger partial charge in [-0.05, 0) is 32.9 Å². The fraction of sp³-hybridized carbons (Fsp3) is 0.500. The molecule has 8 heteroatoms. The molecule has 0 radical (unpaired) electrons. The number of carbonyl (C=O) groups is 2. The maximum absolute atomic E-state index is 10.9. The molecule has 0 aromatic carbocycles. The van der Waals surface area contributed by atoms with Crippen molar-refractivity contribution in [3.05, 3.63) is 23.5 Å². The average Bonchev–Trinajstić information content (AvgIpc) is 2.43. The second-order valence-electron chi connectivity index (χ2n) is 5.15. The van der Waals surface area contributed by atoms with Crippen LogP contribution in [-0.2, 0) is 0 Å². The van der Waals surface area contributed by atoms with Crippen LogP contribution in [0.5, 0.6) is 5.75 Å². The van der Waals surface area contributed by atoms with Crippen LogP contribution < -0.4 is 4.74 Å². The third-order valence-electron chi connectivity index (χ3n) is 2.74. The van der Waals surface area contributed by atoms with Crippen molar-refractivity contribution in [3.63, 3.8) is 0 Å². The fourth-order valence-electron chi connectivity index (χ4n) is 1.76. The summed E-state index contributed by atoms with van der Waals surface area (Å²) in [6.45, 7) is 4.68. The zero-order valence-corrected chi connectivity index (χ0v) is 14.3. The van der Waals surface area contributed by atoms with Gasteiger partial charge in [0.2, 0.25) is 0 Å². The Labute approximate surface area is 137 Å². The third kappa shape index (κ3) is 6.15. The van der Waals surface area contributed by atoms with Crippen LogP contribution in [0.2, 0.25) is 0 Å². The normalized spacial score (nSPS) is 11.2. The van der Waals surface area contributed by atoms with Gasteiger partial charge in [-0.2, -0.15) is 0 Å². The van der Waals surface area contributed by atoms with Gasteiger partial charge in [0.15, 0.2) is 11.4 Å². The molecule has 0 fully saturated rings. The van der Waals surface area contributed by atoms with E-state index >= 15 is 0 Å². The highest BCUT2D eigenvalue weighted by molar-refractivity contribution is 8.76. The number of carboxylic acid groups (broad SMARTS) is 2. The average molecular weight is 345 g/mol. The Kier molecular flexibility index (Phi) is 7.02. The Bertz CT molecular complexity index is 516. The first kappa shape index (κ1) is 18.6. The predicted molar refractivity (Wildman–Crippen MR) is 88.1 cm³/mol. The summed E-state index contributed by atoms with van der Waals surface area (Å²) in [7, 11) is 3.50. The highest BCUT2D eigenvalue weighted by Crippen LogP contribution is 2.36. The Morgan fingerprint density at radius 1 is 1.23 bits per heavy atom. The summed E-state index contributed by atoms with van der Waals surface area (Å²) in [5, 5.41) is 17.9. The highest BCUT2D eigenvalue weighted by Gasteiger charge is 2.18. The number of hydrogen-bond acceptors (Lipinski definition) is 6. The van der Waals surface area contributed by atoms with Gasteiger partial charge in [-0.3, -0.25) is 0 Å². The largest absolute Gasteiger partial charge is 0.493 e. The Balaban J connectivity index is 2.66. The molecule has 0 spiro atoms. The van der Waals surface area contributed by atoms with Gasteiger partial charge in [0.1, 0.15) is 5.75 Å². The minimum atomic E-state index is -1.29. The van der Waals surface area contributed by atoms with Crippen LogP contribution in [0.3, 0.4) is 0 Å². The molecule has 0 unspecified atom stereocenters. The second kappa shape index (κ2) is 8.28. The van der Waals surface area contributed by atoms with Crippen LogP contribution in [0, 0.1) is 0 Å². The van der Waals surface area contributed by atoms with Gasteiger partial charge in [0.25, 0.3) is 0 Å². The second-order valence-corrected chi connectivity index (χ2v) is 8.25. The molecule has 1 heterocycles. The Hall–Kier alpha value is -1.41. The molecule has 2 N–H and O–H groups in total. The van der Waals surface area contributed by atoms with Gasteiger partial charge in [-0.15, -0.1) is 0 Å². The Morgan fingerprint density at radius 3 is 2.23 bits per heavy atom. The first-order chi connectivity index (χ1) is 10.2. The van der Waals surface area contributed by atoms with E-state index in [-0.39, 0.29) is 21.9 Å². The van der Waals surface area contributed by atoms with Crippen molar-refractivity contribution in [1.82, 2.24) is 4.98 Å². The Morgan fingerprint density at radius 2 is 1.77 bits per heavy atom. The smallest absolute Gasteiger partial charge is 0.354 e. The number of carboxylic acids is 2. The SMILES string of the molecule is CSSC(C)(C)CCCOc1cc(C(=O)O)nc(C(=O)O)c1. The number of nitrogens with zero attached hydrogens (tertiary/aromatic N) is 1. The predicted octanol–water partition coefficient (Wildman–Crippen LogP) is 3.43. The number of aromatic nitrogens is 1. The van der Waals surface area contributed by atoms with E-state index in [2.05, 4.69) is 18.8 Å². The minimum absolute atomic E-state index is 0.124. The van der Waals surface area contributed by atoms with Crippen LogP contribution in [0.25, 0.3) is 0 Å². The summed E-state index contributed by atoms with van der Waals surface area (Å²) in [4.78, 5) is 25.4. The molecule has 22 heavy (non-hydrogen) atoms. The van der Waals surface area contributed by atoms with Gasteiger partial charge in [0.05, 0.1) is 6.61 Å². The van der Waals surface area contributed by atoms with E-state index in [4.69, 9.17) is 14.9 Å². The van der Waals surface area contributed by atoms with Gasteiger partial charge < -0.3 is 14.9 Å². The monoisotopic (exact) mass is 345 g/mol. The first-order valence-corrected chi connectivity index (χ1v) is 9.14. The van der Waals surface area contributed by atoms with Crippen LogP contribution in [0.4, 0.5) is 0 Å². The van der Waals surface area contributed by atoms with Crippen molar-refractivity contribution in [2.75, 3.05) is 12.9 Å². The molecule has 0 atom stereocenters. The zero-order chi connectivity index (χ0) is 16.8. The fourth-order valence-corrected chi connectivity index (χ4v) is 4.05. The quantitative estimate of drug-likeness (QED) is 0.519. The first-order valence-electron chi connectivity index (χ1n) is 6.58. The van der Waals surface area contributed by atoms with E-state index in [0.717, 1.165) is 12.8 Å². The maximum Gasteiger partial charge on any atom is 0.354 e. The number of aromatic carboxylic acids is 2. The summed E-state index contributed by atoms with van der Waals surface area (Å²) in [5.74, 6) is -2.36. The number of hydrogen-bond donors (Lipinski definition) is 2. The van der Waals surface area contributed by atoms with Crippen molar-refractivity contribution in [2.45, 2.75) is 31.4 Å². The van der Waals surface area contributed by atoms with E-state index in [0.29, 0.717) is 6.61 Å². The third-order valence-corrected chi connectivity index (χ3v) is 5.41. The van der Waals surface area contributed by atoms with Crippen LogP contribution in [-0.4, -0.2) is 44.7 Å². The van der Waals surface area contributed by atoms with Crippen molar-refractivity contribution >= 4 is 33.5 Å². The molecule has 122 valence electrons. The molecule has 0 bridgehead atoms. The minimum Gasteiger partial charge on any atom is -0.493 e. The number of pyridine rings is 1. The van der Waals surface area contributed by atoms with Gasteiger partial charge in [0, 0.05) is 16.9 Å². The summed E-state index contributed by atoms with van der Waals surface area (Å²) in [6.07, 6.45) is 3.75. The molecular formula is C14H19NO5S2. The topological polar surface area (TPSA) is 96.7 Å².